The molecule has 0 fully saturated rings. The molecule has 1 aliphatic heterocycles. The second-order valence-electron chi connectivity index (χ2n) is 6.46. The van der Waals surface area contributed by atoms with Gasteiger partial charge in [-0.15, -0.1) is 12.4 Å². The first-order chi connectivity index (χ1) is 11.2. The second-order valence-corrected chi connectivity index (χ2v) is 6.46. The summed E-state index contributed by atoms with van der Waals surface area (Å²) in [5, 5.41) is 2.52. The fourth-order valence-corrected chi connectivity index (χ4v) is 2.88. The van der Waals surface area contributed by atoms with Crippen molar-refractivity contribution >= 4 is 24.2 Å². The molecule has 0 bridgehead atoms. The molecule has 1 aromatic rings. The molecule has 5 nitrogen and oxygen atoms in total. The van der Waals surface area contributed by atoms with Gasteiger partial charge in [0.15, 0.2) is 0 Å². The van der Waals surface area contributed by atoms with Crippen molar-refractivity contribution in [2.75, 3.05) is 13.1 Å². The average molecular weight is 376 g/mol. The zero-order valence-electron chi connectivity index (χ0n) is 14.5. The zero-order chi connectivity index (χ0) is 18.0. The number of nitrogens with zero attached hydrogens (tertiary/aromatic N) is 1. The van der Waals surface area contributed by atoms with Gasteiger partial charge in [-0.3, -0.25) is 9.59 Å². The molecule has 8 heteroatoms. The Hall–Kier alpha value is -1.73. The van der Waals surface area contributed by atoms with E-state index >= 15 is 0 Å². The molecular formula is C17H24ClF2N3O2. The third-order valence-electron chi connectivity index (χ3n) is 4.47. The summed E-state index contributed by atoms with van der Waals surface area (Å²) in [4.78, 5) is 25.7. The van der Waals surface area contributed by atoms with Crippen LogP contribution in [0.3, 0.4) is 0 Å². The fourth-order valence-electron chi connectivity index (χ4n) is 2.88. The summed E-state index contributed by atoms with van der Waals surface area (Å²) in [6.07, 6.45) is 0.316. The van der Waals surface area contributed by atoms with E-state index in [9.17, 15) is 18.4 Å². The Morgan fingerprint density at radius 1 is 1.36 bits per heavy atom. The maximum Gasteiger partial charge on any atom is 0.242 e. The van der Waals surface area contributed by atoms with Crippen LogP contribution in [-0.2, 0) is 16.0 Å². The van der Waals surface area contributed by atoms with E-state index in [1.165, 1.54) is 11.0 Å². The zero-order valence-corrected chi connectivity index (χ0v) is 15.3. The average Bonchev–Trinajstić information content (AvgIpc) is 2.52. The van der Waals surface area contributed by atoms with Crippen molar-refractivity contribution in [3.63, 3.8) is 0 Å². The minimum absolute atomic E-state index is 0. The molecule has 1 unspecified atom stereocenters. The van der Waals surface area contributed by atoms with Gasteiger partial charge in [-0.2, -0.15) is 0 Å². The predicted molar refractivity (Wildman–Crippen MR) is 93.3 cm³/mol. The van der Waals surface area contributed by atoms with Crippen molar-refractivity contribution < 1.29 is 18.4 Å². The standard InChI is InChI=1S/C17H23F2N3O2.ClH/c1-9(2)16(20)17(24)21-8-15(23)22-5-4-12-13(10(22)3)6-11(18)7-14(12)19;/h6-7,9-10,16H,4-5,8,20H2,1-3H3,(H,21,24);1H/t10?,16-;/m0./s1. The van der Waals surface area contributed by atoms with Crippen LogP contribution in [0.15, 0.2) is 12.1 Å². The van der Waals surface area contributed by atoms with E-state index in [2.05, 4.69) is 5.32 Å². The SMILES string of the molecule is CC(C)[C@H](N)C(=O)NCC(=O)N1CCc2c(F)cc(F)cc2C1C.Cl. The number of nitrogens with one attached hydrogen (secondary N) is 1. The molecule has 1 aromatic carbocycles. The fraction of sp³-hybridized carbons (Fsp3) is 0.529. The number of amides is 2. The van der Waals surface area contributed by atoms with Crippen LogP contribution >= 0.6 is 12.4 Å². The molecule has 1 aliphatic rings. The number of benzene rings is 1. The summed E-state index contributed by atoms with van der Waals surface area (Å²) in [5.74, 6) is -1.97. The van der Waals surface area contributed by atoms with Crippen LogP contribution in [0.2, 0.25) is 0 Å². The minimum atomic E-state index is -0.680. The van der Waals surface area contributed by atoms with Gasteiger partial charge in [-0.25, -0.2) is 8.78 Å². The quantitative estimate of drug-likeness (QED) is 0.844. The summed E-state index contributed by atoms with van der Waals surface area (Å²) < 4.78 is 27.3. The Balaban J connectivity index is 0.00000312. The highest BCUT2D eigenvalue weighted by Gasteiger charge is 2.30. The highest BCUT2D eigenvalue weighted by molar-refractivity contribution is 5.87. The van der Waals surface area contributed by atoms with Crippen LogP contribution in [-0.4, -0.2) is 35.8 Å². The number of hydrogen-bond donors (Lipinski definition) is 2. The molecule has 0 spiro atoms. The van der Waals surface area contributed by atoms with Crippen LogP contribution in [0.4, 0.5) is 8.78 Å². The molecule has 1 heterocycles. The summed E-state index contributed by atoms with van der Waals surface area (Å²) >= 11 is 0. The van der Waals surface area contributed by atoms with Gasteiger partial charge in [0, 0.05) is 12.6 Å². The Morgan fingerprint density at radius 2 is 2.00 bits per heavy atom. The molecule has 0 radical (unpaired) electrons. The molecule has 2 rings (SSSR count). The first-order valence-corrected chi connectivity index (χ1v) is 8.03. The molecule has 0 aliphatic carbocycles. The van der Waals surface area contributed by atoms with Gasteiger partial charge < -0.3 is 16.0 Å². The Labute approximate surface area is 152 Å². The number of carbonyl (C=O) groups excluding carboxylic acids is 2. The number of halogens is 3. The van der Waals surface area contributed by atoms with Crippen LogP contribution in [0, 0.1) is 17.6 Å². The van der Waals surface area contributed by atoms with Crippen molar-refractivity contribution in [3.8, 4) is 0 Å². The van der Waals surface area contributed by atoms with Crippen molar-refractivity contribution in [1.29, 1.82) is 0 Å². The lowest BCUT2D eigenvalue weighted by Gasteiger charge is -2.35. The molecule has 3 N–H and O–H groups in total. The van der Waals surface area contributed by atoms with E-state index < -0.39 is 23.7 Å². The van der Waals surface area contributed by atoms with Gasteiger partial charge in [-0.1, -0.05) is 13.8 Å². The largest absolute Gasteiger partial charge is 0.346 e. The Kier molecular flexibility index (Phi) is 7.31. The minimum Gasteiger partial charge on any atom is -0.346 e. The lowest BCUT2D eigenvalue weighted by Crippen LogP contribution is -2.49. The van der Waals surface area contributed by atoms with Crippen molar-refractivity contribution in [3.05, 3.63) is 34.9 Å². The van der Waals surface area contributed by atoms with E-state index in [-0.39, 0.29) is 36.7 Å². The maximum atomic E-state index is 13.8. The van der Waals surface area contributed by atoms with E-state index in [1.54, 1.807) is 6.92 Å². The van der Waals surface area contributed by atoms with Crippen LogP contribution in [0.25, 0.3) is 0 Å². The van der Waals surface area contributed by atoms with Crippen LogP contribution < -0.4 is 11.1 Å². The van der Waals surface area contributed by atoms with E-state index in [0.29, 0.717) is 24.1 Å². The number of rotatable bonds is 4. The third-order valence-corrected chi connectivity index (χ3v) is 4.47. The van der Waals surface area contributed by atoms with E-state index in [1.807, 2.05) is 13.8 Å². The van der Waals surface area contributed by atoms with Crippen molar-refractivity contribution in [2.24, 2.45) is 11.7 Å². The molecule has 0 saturated carbocycles. The van der Waals surface area contributed by atoms with Gasteiger partial charge in [0.2, 0.25) is 11.8 Å². The summed E-state index contributed by atoms with van der Waals surface area (Å²) in [5.41, 5.74) is 6.64. The predicted octanol–water partition coefficient (Wildman–Crippen LogP) is 1.93. The Bertz CT molecular complexity index is 655. The van der Waals surface area contributed by atoms with E-state index in [4.69, 9.17) is 5.73 Å². The highest BCUT2D eigenvalue weighted by atomic mass is 35.5. The number of hydrogen-bond acceptors (Lipinski definition) is 3. The molecule has 0 saturated heterocycles. The molecular weight excluding hydrogens is 352 g/mol. The summed E-state index contributed by atoms with van der Waals surface area (Å²) in [6.45, 7) is 5.49. The third kappa shape index (κ3) is 4.67. The lowest BCUT2D eigenvalue weighted by molar-refractivity contribution is -0.135. The molecule has 140 valence electrons. The maximum absolute atomic E-state index is 13.8. The van der Waals surface area contributed by atoms with Crippen molar-refractivity contribution in [1.82, 2.24) is 10.2 Å². The summed E-state index contributed by atoms with van der Waals surface area (Å²) in [6, 6.07) is 0.981. The smallest absolute Gasteiger partial charge is 0.242 e. The van der Waals surface area contributed by atoms with E-state index in [0.717, 1.165) is 6.07 Å². The number of carbonyl (C=O) groups is 2. The van der Waals surface area contributed by atoms with Crippen LogP contribution in [0.1, 0.15) is 37.9 Å². The first-order valence-electron chi connectivity index (χ1n) is 8.03. The van der Waals surface area contributed by atoms with Gasteiger partial charge in [0.1, 0.15) is 11.6 Å². The van der Waals surface area contributed by atoms with Crippen molar-refractivity contribution in [2.45, 2.75) is 39.3 Å². The molecule has 0 aromatic heterocycles. The molecule has 25 heavy (non-hydrogen) atoms. The van der Waals surface area contributed by atoms with Gasteiger partial charge >= 0.3 is 0 Å². The molecule has 2 amide bonds. The first kappa shape index (κ1) is 21.3. The van der Waals surface area contributed by atoms with Gasteiger partial charge in [-0.05, 0) is 36.5 Å². The second kappa shape index (κ2) is 8.58. The molecule has 2 atom stereocenters. The van der Waals surface area contributed by atoms with Gasteiger partial charge in [0.05, 0.1) is 18.6 Å². The normalized spacial score (nSPS) is 17.6. The highest BCUT2D eigenvalue weighted by Crippen LogP contribution is 2.31. The number of nitrogens with two attached hydrogens (primary N) is 1. The summed E-state index contributed by atoms with van der Waals surface area (Å²) in [7, 11) is 0. The van der Waals surface area contributed by atoms with Gasteiger partial charge in [0.25, 0.3) is 0 Å². The lowest BCUT2D eigenvalue weighted by atomic mass is 9.93. The topological polar surface area (TPSA) is 75.4 Å². The number of fused-ring (bicyclic) bond motifs is 1. The van der Waals surface area contributed by atoms with Crippen LogP contribution in [0.5, 0.6) is 0 Å². The monoisotopic (exact) mass is 375 g/mol. The Morgan fingerprint density at radius 3 is 2.60 bits per heavy atom.